The van der Waals surface area contributed by atoms with Crippen molar-refractivity contribution in [2.24, 2.45) is 0 Å². The first-order valence-corrected chi connectivity index (χ1v) is 12.0. The summed E-state index contributed by atoms with van der Waals surface area (Å²) in [5.74, 6) is 0.869. The number of nitrogens with zero attached hydrogens (tertiary/aromatic N) is 2. The average molecular weight is 466 g/mol. The molecule has 0 bridgehead atoms. The van der Waals surface area contributed by atoms with E-state index >= 15 is 0 Å². The third kappa shape index (κ3) is 5.01. The minimum Gasteiger partial charge on any atom is -0.493 e. The molecule has 1 unspecified atom stereocenters. The monoisotopic (exact) mass is 465 g/mol. The van der Waals surface area contributed by atoms with Crippen LogP contribution in [0.1, 0.15) is 37.0 Å². The molecule has 1 aromatic heterocycles. The highest BCUT2D eigenvalue weighted by atomic mass is 32.1. The van der Waals surface area contributed by atoms with Gasteiger partial charge in [0.1, 0.15) is 17.5 Å². The van der Waals surface area contributed by atoms with Gasteiger partial charge in [-0.3, -0.25) is 9.59 Å². The summed E-state index contributed by atoms with van der Waals surface area (Å²) < 4.78 is 11.3. The van der Waals surface area contributed by atoms with E-state index in [9.17, 15) is 9.59 Å². The van der Waals surface area contributed by atoms with Crippen molar-refractivity contribution in [3.63, 3.8) is 0 Å². The van der Waals surface area contributed by atoms with Crippen molar-refractivity contribution >= 4 is 28.3 Å². The lowest BCUT2D eigenvalue weighted by molar-refractivity contribution is -0.119. The zero-order valence-electron chi connectivity index (χ0n) is 18.7. The lowest BCUT2D eigenvalue weighted by Crippen LogP contribution is -2.43. The van der Waals surface area contributed by atoms with E-state index in [0.29, 0.717) is 42.6 Å². The fourth-order valence-corrected chi connectivity index (χ4v) is 4.68. The maximum atomic E-state index is 13.2. The van der Waals surface area contributed by atoms with E-state index in [0.717, 1.165) is 23.4 Å². The van der Waals surface area contributed by atoms with Gasteiger partial charge in [-0.2, -0.15) is 0 Å². The molecule has 0 saturated carbocycles. The van der Waals surface area contributed by atoms with Crippen molar-refractivity contribution in [3.8, 4) is 22.8 Å². The first-order chi connectivity index (χ1) is 16.1. The lowest BCUT2D eigenvalue weighted by atomic mass is 10.1. The van der Waals surface area contributed by atoms with Crippen LogP contribution in [-0.2, 0) is 4.79 Å². The summed E-state index contributed by atoms with van der Waals surface area (Å²) in [5, 5.41) is 5.29. The van der Waals surface area contributed by atoms with Crippen molar-refractivity contribution < 1.29 is 19.1 Å². The van der Waals surface area contributed by atoms with E-state index in [-0.39, 0.29) is 11.8 Å². The van der Waals surface area contributed by atoms with E-state index in [4.69, 9.17) is 9.47 Å². The van der Waals surface area contributed by atoms with Gasteiger partial charge < -0.3 is 19.7 Å². The third-order valence-corrected chi connectivity index (χ3v) is 6.19. The van der Waals surface area contributed by atoms with Gasteiger partial charge in [0.2, 0.25) is 5.91 Å². The molecule has 2 amide bonds. The number of hydrogen-bond acceptors (Lipinski definition) is 6. The van der Waals surface area contributed by atoms with Crippen LogP contribution >= 0.6 is 11.3 Å². The van der Waals surface area contributed by atoms with Gasteiger partial charge in [0.25, 0.3) is 5.91 Å². The number of anilines is 1. The Kier molecular flexibility index (Phi) is 7.24. The van der Waals surface area contributed by atoms with Gasteiger partial charge in [0.15, 0.2) is 5.13 Å². The van der Waals surface area contributed by atoms with Crippen molar-refractivity contribution in [1.29, 1.82) is 0 Å². The van der Waals surface area contributed by atoms with Crippen LogP contribution in [0.15, 0.2) is 53.9 Å². The largest absolute Gasteiger partial charge is 0.493 e. The summed E-state index contributed by atoms with van der Waals surface area (Å²) in [6, 6.07) is 14.3. The van der Waals surface area contributed by atoms with Crippen LogP contribution in [0.25, 0.3) is 11.3 Å². The Bertz CT molecular complexity index is 1130. The molecule has 1 atom stereocenters. The molecule has 0 radical (unpaired) electrons. The number of likely N-dealkylation sites (tertiary alicyclic amines) is 1. The lowest BCUT2D eigenvalue weighted by Gasteiger charge is -2.24. The molecule has 7 nitrogen and oxygen atoms in total. The molecule has 33 heavy (non-hydrogen) atoms. The number of hydrogen-bond donors (Lipinski definition) is 1. The number of rotatable bonds is 8. The number of amides is 2. The van der Waals surface area contributed by atoms with Crippen molar-refractivity contribution in [2.75, 3.05) is 25.1 Å². The first-order valence-electron chi connectivity index (χ1n) is 11.1. The van der Waals surface area contributed by atoms with E-state index in [1.54, 1.807) is 23.1 Å². The molecular formula is C25H27N3O4S. The van der Waals surface area contributed by atoms with Crippen molar-refractivity contribution in [3.05, 3.63) is 59.5 Å². The van der Waals surface area contributed by atoms with Crippen LogP contribution in [-0.4, -0.2) is 47.5 Å². The summed E-state index contributed by atoms with van der Waals surface area (Å²) in [5.41, 5.74) is 2.09. The fourth-order valence-electron chi connectivity index (χ4n) is 3.96. The van der Waals surface area contributed by atoms with Crippen LogP contribution in [0.3, 0.4) is 0 Å². The Hall–Kier alpha value is -3.39. The van der Waals surface area contributed by atoms with Gasteiger partial charge in [-0.15, -0.1) is 11.3 Å². The first kappa shape index (κ1) is 22.8. The zero-order chi connectivity index (χ0) is 23.2. The van der Waals surface area contributed by atoms with Crippen LogP contribution in [0.4, 0.5) is 5.13 Å². The number of benzene rings is 2. The molecule has 0 spiro atoms. The molecular weight excluding hydrogens is 438 g/mol. The Morgan fingerprint density at radius 2 is 1.76 bits per heavy atom. The standard InChI is InChI=1S/C25H27N3O4S/c1-3-31-21-13-7-5-10-17(21)19-16-33-25(26-19)27-23(29)20-12-9-15-28(20)24(30)18-11-6-8-14-22(18)32-4-2/h5-8,10-11,13-14,16,20H,3-4,9,12,15H2,1-2H3,(H,26,27,29). The smallest absolute Gasteiger partial charge is 0.258 e. The molecule has 1 aliphatic heterocycles. The van der Waals surface area contributed by atoms with Gasteiger partial charge in [-0.1, -0.05) is 24.3 Å². The molecule has 1 aliphatic rings. The molecule has 8 heteroatoms. The molecule has 1 saturated heterocycles. The van der Waals surface area contributed by atoms with Gasteiger partial charge in [-0.05, 0) is 51.0 Å². The predicted octanol–water partition coefficient (Wildman–Crippen LogP) is 4.85. The van der Waals surface area contributed by atoms with Crippen molar-refractivity contribution in [1.82, 2.24) is 9.88 Å². The molecule has 3 aromatic rings. The summed E-state index contributed by atoms with van der Waals surface area (Å²) in [6.07, 6.45) is 1.38. The van der Waals surface area contributed by atoms with E-state index in [1.807, 2.05) is 49.6 Å². The SMILES string of the molecule is CCOc1ccccc1C(=O)N1CCCC1C(=O)Nc1nc(-c2ccccc2OCC)cs1. The summed E-state index contributed by atoms with van der Waals surface area (Å²) in [6.45, 7) is 5.37. The second-order valence-corrected chi connectivity index (χ2v) is 8.40. The maximum absolute atomic E-state index is 13.2. The van der Waals surface area contributed by atoms with Crippen LogP contribution in [0, 0.1) is 0 Å². The summed E-state index contributed by atoms with van der Waals surface area (Å²) in [4.78, 5) is 32.5. The van der Waals surface area contributed by atoms with Gasteiger partial charge in [0, 0.05) is 17.5 Å². The molecule has 172 valence electrons. The van der Waals surface area contributed by atoms with Crippen molar-refractivity contribution in [2.45, 2.75) is 32.7 Å². The highest BCUT2D eigenvalue weighted by Crippen LogP contribution is 2.33. The maximum Gasteiger partial charge on any atom is 0.258 e. The quantitative estimate of drug-likeness (QED) is 0.514. The Balaban J connectivity index is 1.49. The number of carbonyl (C=O) groups is 2. The number of carbonyl (C=O) groups excluding carboxylic acids is 2. The number of para-hydroxylation sites is 2. The zero-order valence-corrected chi connectivity index (χ0v) is 19.6. The van der Waals surface area contributed by atoms with E-state index < -0.39 is 6.04 Å². The highest BCUT2D eigenvalue weighted by Gasteiger charge is 2.35. The van der Waals surface area contributed by atoms with Gasteiger partial charge >= 0.3 is 0 Å². The Morgan fingerprint density at radius 3 is 2.55 bits per heavy atom. The highest BCUT2D eigenvalue weighted by molar-refractivity contribution is 7.14. The van der Waals surface area contributed by atoms with Crippen LogP contribution in [0.5, 0.6) is 11.5 Å². The number of ether oxygens (including phenoxy) is 2. The number of nitrogens with one attached hydrogen (secondary N) is 1. The molecule has 4 rings (SSSR count). The third-order valence-electron chi connectivity index (χ3n) is 5.43. The number of thiazole rings is 1. The Labute approximate surface area is 197 Å². The van der Waals surface area contributed by atoms with Gasteiger partial charge in [-0.25, -0.2) is 4.98 Å². The molecule has 2 heterocycles. The molecule has 1 fully saturated rings. The van der Waals surface area contributed by atoms with Gasteiger partial charge in [0.05, 0.1) is 24.5 Å². The minimum atomic E-state index is -0.546. The normalized spacial score (nSPS) is 15.3. The van der Waals surface area contributed by atoms with Crippen LogP contribution < -0.4 is 14.8 Å². The molecule has 1 N–H and O–H groups in total. The summed E-state index contributed by atoms with van der Waals surface area (Å²) >= 11 is 1.35. The van der Waals surface area contributed by atoms with E-state index in [2.05, 4.69) is 10.3 Å². The van der Waals surface area contributed by atoms with E-state index in [1.165, 1.54) is 11.3 Å². The number of aromatic nitrogens is 1. The van der Waals surface area contributed by atoms with Crippen LogP contribution in [0.2, 0.25) is 0 Å². The second kappa shape index (κ2) is 10.5. The molecule has 0 aliphatic carbocycles. The average Bonchev–Trinajstić information content (AvgIpc) is 3.50. The second-order valence-electron chi connectivity index (χ2n) is 7.54. The fraction of sp³-hybridized carbons (Fsp3) is 0.320. The minimum absolute atomic E-state index is 0.192. The predicted molar refractivity (Wildman–Crippen MR) is 129 cm³/mol. The summed E-state index contributed by atoms with van der Waals surface area (Å²) in [7, 11) is 0. The topological polar surface area (TPSA) is 80.8 Å². The molecule has 2 aromatic carbocycles. The Morgan fingerprint density at radius 1 is 1.06 bits per heavy atom.